The molecule has 1 N–H and O–H groups in total. The van der Waals surface area contributed by atoms with Crippen molar-refractivity contribution in [3.63, 3.8) is 0 Å². The van der Waals surface area contributed by atoms with Gasteiger partial charge >= 0.3 is 5.97 Å². The molecular weight excluding hydrogens is 392 g/mol. The highest BCUT2D eigenvalue weighted by molar-refractivity contribution is 7.99. The van der Waals surface area contributed by atoms with Crippen LogP contribution < -0.4 is 5.32 Å². The van der Waals surface area contributed by atoms with Gasteiger partial charge in [-0.1, -0.05) is 26.7 Å². The zero-order valence-corrected chi connectivity index (χ0v) is 18.2. The fourth-order valence-electron chi connectivity index (χ4n) is 4.12. The zero-order chi connectivity index (χ0) is 21.1. The lowest BCUT2D eigenvalue weighted by Gasteiger charge is -2.35. The van der Waals surface area contributed by atoms with Crippen molar-refractivity contribution in [2.75, 3.05) is 5.75 Å². The van der Waals surface area contributed by atoms with Gasteiger partial charge in [-0.25, -0.2) is 4.79 Å². The highest BCUT2D eigenvalue weighted by Gasteiger charge is 2.44. The molecule has 1 aromatic heterocycles. The lowest BCUT2D eigenvalue weighted by Crippen LogP contribution is -2.49. The first-order valence-corrected chi connectivity index (χ1v) is 11.3. The SMILES string of the molecule is CC(=O)N1[C@@H](c2ccco2)SC[C@H]1C(=O)O[C@H](C)C(=O)N[C@@H]1CCC[C@@H](C)[C@H]1C. The molecule has 2 heterocycles. The number of amides is 2. The quantitative estimate of drug-likeness (QED) is 0.734. The van der Waals surface area contributed by atoms with Crippen molar-refractivity contribution >= 4 is 29.5 Å². The number of furan rings is 1. The third-order valence-electron chi connectivity index (χ3n) is 6.12. The Morgan fingerprint density at radius 2 is 2.07 bits per heavy atom. The van der Waals surface area contributed by atoms with Gasteiger partial charge in [-0.3, -0.25) is 9.59 Å². The molecule has 6 atom stereocenters. The second kappa shape index (κ2) is 9.24. The van der Waals surface area contributed by atoms with Crippen LogP contribution >= 0.6 is 11.8 Å². The van der Waals surface area contributed by atoms with E-state index in [0.717, 1.165) is 12.8 Å². The minimum Gasteiger partial charge on any atom is -0.466 e. The Labute approximate surface area is 175 Å². The Morgan fingerprint density at radius 1 is 1.31 bits per heavy atom. The summed E-state index contributed by atoms with van der Waals surface area (Å²) in [5, 5.41) is 2.68. The van der Waals surface area contributed by atoms with Gasteiger partial charge < -0.3 is 19.4 Å². The third-order valence-corrected chi connectivity index (χ3v) is 7.40. The highest BCUT2D eigenvalue weighted by atomic mass is 32.2. The van der Waals surface area contributed by atoms with Gasteiger partial charge in [-0.05, 0) is 37.3 Å². The number of esters is 1. The Balaban J connectivity index is 1.60. The molecule has 8 heteroatoms. The van der Waals surface area contributed by atoms with Crippen molar-refractivity contribution in [3.05, 3.63) is 24.2 Å². The van der Waals surface area contributed by atoms with E-state index in [1.807, 2.05) is 0 Å². The Hall–Kier alpha value is -1.96. The molecule has 1 saturated carbocycles. The third kappa shape index (κ3) is 4.79. The summed E-state index contributed by atoms with van der Waals surface area (Å²) in [5.41, 5.74) is 0. The summed E-state index contributed by atoms with van der Waals surface area (Å²) >= 11 is 1.45. The molecule has 0 radical (unpaired) electrons. The largest absolute Gasteiger partial charge is 0.466 e. The highest BCUT2D eigenvalue weighted by Crippen LogP contribution is 2.42. The molecule has 3 rings (SSSR count). The molecule has 1 aliphatic carbocycles. The average Bonchev–Trinajstić information content (AvgIpc) is 3.34. The predicted molar refractivity (Wildman–Crippen MR) is 110 cm³/mol. The van der Waals surface area contributed by atoms with Crippen molar-refractivity contribution < 1.29 is 23.5 Å². The summed E-state index contributed by atoms with van der Waals surface area (Å²) < 4.78 is 10.9. The zero-order valence-electron chi connectivity index (χ0n) is 17.4. The van der Waals surface area contributed by atoms with Crippen molar-refractivity contribution in [2.24, 2.45) is 11.8 Å². The Morgan fingerprint density at radius 3 is 2.72 bits per heavy atom. The minimum absolute atomic E-state index is 0.103. The van der Waals surface area contributed by atoms with Crippen LogP contribution in [0.5, 0.6) is 0 Å². The molecule has 2 aliphatic rings. The van der Waals surface area contributed by atoms with Crippen LogP contribution in [0.4, 0.5) is 0 Å². The van der Waals surface area contributed by atoms with Crippen molar-refractivity contribution in [1.82, 2.24) is 10.2 Å². The van der Waals surface area contributed by atoms with E-state index in [9.17, 15) is 14.4 Å². The van der Waals surface area contributed by atoms with Gasteiger partial charge in [0.05, 0.1) is 6.26 Å². The van der Waals surface area contributed by atoms with E-state index >= 15 is 0 Å². The van der Waals surface area contributed by atoms with E-state index < -0.39 is 18.1 Å². The summed E-state index contributed by atoms with van der Waals surface area (Å²) in [4.78, 5) is 39.0. The molecule has 2 amide bonds. The van der Waals surface area contributed by atoms with Crippen LogP contribution in [0.15, 0.2) is 22.8 Å². The second-order valence-electron chi connectivity index (χ2n) is 8.10. The topological polar surface area (TPSA) is 88.8 Å². The van der Waals surface area contributed by atoms with E-state index in [0.29, 0.717) is 23.3 Å². The molecule has 160 valence electrons. The van der Waals surface area contributed by atoms with Gasteiger partial charge in [0.2, 0.25) is 5.91 Å². The molecule has 0 aromatic carbocycles. The van der Waals surface area contributed by atoms with E-state index in [2.05, 4.69) is 19.2 Å². The van der Waals surface area contributed by atoms with Crippen molar-refractivity contribution in [3.8, 4) is 0 Å². The fourth-order valence-corrected chi connectivity index (χ4v) is 5.53. The maximum atomic E-state index is 12.8. The van der Waals surface area contributed by atoms with Crippen LogP contribution in [0, 0.1) is 11.8 Å². The summed E-state index contributed by atoms with van der Waals surface area (Å²) in [7, 11) is 0. The smallest absolute Gasteiger partial charge is 0.330 e. The van der Waals surface area contributed by atoms with Gasteiger partial charge in [0.1, 0.15) is 17.2 Å². The molecule has 7 nitrogen and oxygen atoms in total. The summed E-state index contributed by atoms with van der Waals surface area (Å²) in [6, 6.07) is 2.89. The number of nitrogens with zero attached hydrogens (tertiary/aromatic N) is 1. The molecule has 0 bridgehead atoms. The number of carbonyl (C=O) groups is 3. The van der Waals surface area contributed by atoms with Crippen LogP contribution in [-0.4, -0.2) is 46.6 Å². The van der Waals surface area contributed by atoms with Crippen LogP contribution in [-0.2, 0) is 19.1 Å². The van der Waals surface area contributed by atoms with Gasteiger partial charge in [-0.15, -0.1) is 11.8 Å². The number of carbonyl (C=O) groups excluding carboxylic acids is 3. The van der Waals surface area contributed by atoms with Crippen LogP contribution in [0.3, 0.4) is 0 Å². The van der Waals surface area contributed by atoms with Gasteiger partial charge in [0.15, 0.2) is 6.10 Å². The van der Waals surface area contributed by atoms with E-state index in [-0.39, 0.29) is 23.2 Å². The predicted octanol–water partition coefficient (Wildman–Crippen LogP) is 3.11. The lowest BCUT2D eigenvalue weighted by molar-refractivity contribution is -0.161. The first-order chi connectivity index (χ1) is 13.8. The molecule has 1 saturated heterocycles. The summed E-state index contributed by atoms with van der Waals surface area (Å²) in [6.45, 7) is 7.36. The normalized spacial score (nSPS) is 30.6. The molecule has 0 unspecified atom stereocenters. The average molecular weight is 423 g/mol. The minimum atomic E-state index is -0.909. The molecule has 0 spiro atoms. The van der Waals surface area contributed by atoms with E-state index in [4.69, 9.17) is 9.15 Å². The van der Waals surface area contributed by atoms with Crippen molar-refractivity contribution in [2.45, 2.75) is 70.5 Å². The first-order valence-electron chi connectivity index (χ1n) is 10.2. The van der Waals surface area contributed by atoms with E-state index in [1.165, 1.54) is 30.0 Å². The monoisotopic (exact) mass is 422 g/mol. The standard InChI is InChI=1S/C21H30N2O5S/c1-12-7-5-8-16(13(12)2)22-19(25)14(3)28-21(26)17-11-29-20(23(17)15(4)24)18-9-6-10-27-18/h6,9-10,12-14,16-17,20H,5,7-8,11H2,1-4H3,(H,22,25)/t12-,13-,14-,16-,17+,20-/m1/s1. The van der Waals surface area contributed by atoms with Crippen LogP contribution in [0.1, 0.15) is 58.1 Å². The number of ether oxygens (including phenoxy) is 1. The Kier molecular flexibility index (Phi) is 6.93. The molecule has 2 fully saturated rings. The molecular formula is C21H30N2O5S. The van der Waals surface area contributed by atoms with Gasteiger partial charge in [0, 0.05) is 18.7 Å². The maximum Gasteiger partial charge on any atom is 0.330 e. The second-order valence-corrected chi connectivity index (χ2v) is 9.22. The Bertz CT molecular complexity index is 737. The lowest BCUT2D eigenvalue weighted by atomic mass is 9.78. The number of thioether (sulfide) groups is 1. The fraction of sp³-hybridized carbons (Fsp3) is 0.667. The number of nitrogens with one attached hydrogen (secondary N) is 1. The molecule has 1 aliphatic heterocycles. The van der Waals surface area contributed by atoms with Crippen LogP contribution in [0.2, 0.25) is 0 Å². The summed E-state index contributed by atoms with van der Waals surface area (Å²) in [5.74, 6) is 0.887. The maximum absolute atomic E-state index is 12.8. The summed E-state index contributed by atoms with van der Waals surface area (Å²) in [6.07, 6.45) is 3.84. The molecule has 29 heavy (non-hydrogen) atoms. The van der Waals surface area contributed by atoms with Gasteiger partial charge in [0.25, 0.3) is 5.91 Å². The van der Waals surface area contributed by atoms with Crippen molar-refractivity contribution in [1.29, 1.82) is 0 Å². The number of rotatable bonds is 5. The number of hydrogen-bond acceptors (Lipinski definition) is 6. The van der Waals surface area contributed by atoms with E-state index in [1.54, 1.807) is 25.3 Å². The number of hydrogen-bond donors (Lipinski definition) is 1. The molecule has 1 aromatic rings. The first kappa shape index (κ1) is 21.7. The van der Waals surface area contributed by atoms with Gasteiger partial charge in [-0.2, -0.15) is 0 Å². The van der Waals surface area contributed by atoms with Crippen LogP contribution in [0.25, 0.3) is 0 Å².